The third-order valence-electron chi connectivity index (χ3n) is 1.82. The molecule has 0 aromatic rings. The maximum absolute atomic E-state index is 9.95. The van der Waals surface area contributed by atoms with E-state index in [1.54, 1.807) is 0 Å². The van der Waals surface area contributed by atoms with Crippen molar-refractivity contribution in [1.82, 2.24) is 0 Å². The second-order valence-corrected chi connectivity index (χ2v) is 2.51. The SMILES string of the molecule is O=C=NCC1=C(N=C=O)CCC1. The van der Waals surface area contributed by atoms with Crippen LogP contribution in [-0.2, 0) is 9.59 Å². The third kappa shape index (κ3) is 1.99. The average Bonchev–Trinajstić information content (AvgIpc) is 2.50. The van der Waals surface area contributed by atoms with Gasteiger partial charge in [0, 0.05) is 0 Å². The van der Waals surface area contributed by atoms with Gasteiger partial charge in [0.15, 0.2) is 0 Å². The highest BCUT2D eigenvalue weighted by Gasteiger charge is 2.12. The van der Waals surface area contributed by atoms with Crippen molar-refractivity contribution in [3.8, 4) is 0 Å². The Hall–Kier alpha value is -1.50. The largest absolute Gasteiger partial charge is 0.240 e. The van der Waals surface area contributed by atoms with Gasteiger partial charge in [-0.2, -0.15) is 4.99 Å². The van der Waals surface area contributed by atoms with Gasteiger partial charge in [-0.15, -0.1) is 0 Å². The number of isocyanates is 2. The van der Waals surface area contributed by atoms with Crippen molar-refractivity contribution in [2.24, 2.45) is 9.98 Å². The van der Waals surface area contributed by atoms with E-state index in [4.69, 9.17) is 0 Å². The molecule has 0 saturated carbocycles. The molecule has 0 aromatic carbocycles. The van der Waals surface area contributed by atoms with Crippen LogP contribution in [0.5, 0.6) is 0 Å². The summed E-state index contributed by atoms with van der Waals surface area (Å²) in [5.41, 5.74) is 1.70. The van der Waals surface area contributed by atoms with Crippen LogP contribution in [0.4, 0.5) is 0 Å². The molecule has 0 fully saturated rings. The summed E-state index contributed by atoms with van der Waals surface area (Å²) in [6, 6.07) is 0. The highest BCUT2D eigenvalue weighted by molar-refractivity contribution is 5.40. The summed E-state index contributed by atoms with van der Waals surface area (Å²) >= 11 is 0. The Morgan fingerprint density at radius 3 is 2.75 bits per heavy atom. The highest BCUT2D eigenvalue weighted by Crippen LogP contribution is 2.26. The summed E-state index contributed by atoms with van der Waals surface area (Å²) in [5.74, 6) is 0. The van der Waals surface area contributed by atoms with Gasteiger partial charge in [-0.3, -0.25) is 0 Å². The van der Waals surface area contributed by atoms with E-state index in [1.807, 2.05) is 0 Å². The first-order valence-corrected chi connectivity index (χ1v) is 3.71. The molecule has 1 rings (SSSR count). The molecule has 12 heavy (non-hydrogen) atoms. The summed E-state index contributed by atoms with van der Waals surface area (Å²) in [6.45, 7) is 0.323. The molecule has 0 bridgehead atoms. The van der Waals surface area contributed by atoms with E-state index < -0.39 is 0 Å². The molecule has 0 saturated heterocycles. The van der Waals surface area contributed by atoms with Gasteiger partial charge in [0.05, 0.1) is 12.2 Å². The van der Waals surface area contributed by atoms with E-state index in [0.29, 0.717) is 6.54 Å². The zero-order chi connectivity index (χ0) is 8.81. The Morgan fingerprint density at radius 2 is 2.08 bits per heavy atom. The second kappa shape index (κ2) is 4.39. The lowest BCUT2D eigenvalue weighted by atomic mass is 10.2. The molecule has 62 valence electrons. The maximum Gasteiger partial charge on any atom is 0.240 e. The Kier molecular flexibility index (Phi) is 3.15. The third-order valence-corrected chi connectivity index (χ3v) is 1.82. The minimum atomic E-state index is 0.323. The smallest absolute Gasteiger partial charge is 0.211 e. The fourth-order valence-corrected chi connectivity index (χ4v) is 1.28. The zero-order valence-electron chi connectivity index (χ0n) is 6.54. The van der Waals surface area contributed by atoms with Crippen LogP contribution in [0.2, 0.25) is 0 Å². The van der Waals surface area contributed by atoms with E-state index in [9.17, 15) is 9.59 Å². The molecule has 0 aromatic heterocycles. The van der Waals surface area contributed by atoms with Crippen LogP contribution in [-0.4, -0.2) is 18.7 Å². The van der Waals surface area contributed by atoms with Gasteiger partial charge in [0.25, 0.3) is 0 Å². The minimum absolute atomic E-state index is 0.323. The highest BCUT2D eigenvalue weighted by atomic mass is 16.1. The van der Waals surface area contributed by atoms with Crippen LogP contribution >= 0.6 is 0 Å². The number of aliphatic imine (C=N–C) groups is 2. The van der Waals surface area contributed by atoms with Crippen molar-refractivity contribution >= 4 is 12.2 Å². The Labute approximate surface area is 69.7 Å². The van der Waals surface area contributed by atoms with Crippen LogP contribution in [0.3, 0.4) is 0 Å². The van der Waals surface area contributed by atoms with Crippen LogP contribution in [0, 0.1) is 0 Å². The quantitative estimate of drug-likeness (QED) is 0.463. The molecule has 0 amide bonds. The molecule has 4 heteroatoms. The van der Waals surface area contributed by atoms with Crippen molar-refractivity contribution in [3.63, 3.8) is 0 Å². The van der Waals surface area contributed by atoms with Gasteiger partial charge in [0.1, 0.15) is 0 Å². The summed E-state index contributed by atoms with van der Waals surface area (Å²) in [7, 11) is 0. The minimum Gasteiger partial charge on any atom is -0.211 e. The van der Waals surface area contributed by atoms with Gasteiger partial charge in [-0.05, 0) is 24.8 Å². The van der Waals surface area contributed by atoms with Crippen molar-refractivity contribution in [1.29, 1.82) is 0 Å². The monoisotopic (exact) mass is 164 g/mol. The molecule has 0 unspecified atom stereocenters. The first kappa shape index (κ1) is 8.60. The van der Waals surface area contributed by atoms with Crippen LogP contribution in [0.1, 0.15) is 19.3 Å². The van der Waals surface area contributed by atoms with Gasteiger partial charge in [-0.25, -0.2) is 14.6 Å². The van der Waals surface area contributed by atoms with E-state index in [-0.39, 0.29) is 0 Å². The summed E-state index contributed by atoms with van der Waals surface area (Å²) < 4.78 is 0. The van der Waals surface area contributed by atoms with Crippen molar-refractivity contribution in [2.75, 3.05) is 6.54 Å². The van der Waals surface area contributed by atoms with E-state index >= 15 is 0 Å². The second-order valence-electron chi connectivity index (χ2n) is 2.51. The number of carbonyl (C=O) groups excluding carboxylic acids is 2. The molecular formula is C8H8N2O2. The molecule has 4 nitrogen and oxygen atoms in total. The van der Waals surface area contributed by atoms with Gasteiger partial charge in [-0.1, -0.05) is 0 Å². The number of rotatable bonds is 3. The zero-order valence-corrected chi connectivity index (χ0v) is 6.54. The van der Waals surface area contributed by atoms with Crippen molar-refractivity contribution in [2.45, 2.75) is 19.3 Å². The molecule has 1 aliphatic rings. The van der Waals surface area contributed by atoms with Gasteiger partial charge in [0.2, 0.25) is 12.2 Å². The summed E-state index contributed by atoms with van der Waals surface area (Å²) in [5, 5.41) is 0. The van der Waals surface area contributed by atoms with Gasteiger partial charge < -0.3 is 0 Å². The number of hydrogen-bond donors (Lipinski definition) is 0. The fraction of sp³-hybridized carbons (Fsp3) is 0.500. The van der Waals surface area contributed by atoms with Crippen molar-refractivity contribution in [3.05, 3.63) is 11.3 Å². The molecule has 0 atom stereocenters. The molecule has 0 aliphatic heterocycles. The lowest BCUT2D eigenvalue weighted by Crippen LogP contribution is -1.86. The van der Waals surface area contributed by atoms with E-state index in [2.05, 4.69) is 9.98 Å². The topological polar surface area (TPSA) is 58.9 Å². The number of allylic oxidation sites excluding steroid dienone is 1. The van der Waals surface area contributed by atoms with Crippen LogP contribution < -0.4 is 0 Å². The first-order chi connectivity index (χ1) is 5.88. The number of nitrogens with zero attached hydrogens (tertiary/aromatic N) is 2. The molecular weight excluding hydrogens is 156 g/mol. The van der Waals surface area contributed by atoms with E-state index in [0.717, 1.165) is 30.5 Å². The predicted molar refractivity (Wildman–Crippen MR) is 42.0 cm³/mol. The molecule has 0 spiro atoms. The Bertz CT molecular complexity index is 294. The average molecular weight is 164 g/mol. The lowest BCUT2D eigenvalue weighted by molar-refractivity contribution is 0.563. The van der Waals surface area contributed by atoms with E-state index in [1.165, 1.54) is 12.2 Å². The van der Waals surface area contributed by atoms with Crippen molar-refractivity contribution < 1.29 is 9.59 Å². The normalized spacial score (nSPS) is 15.3. The molecule has 0 N–H and O–H groups in total. The molecule has 0 radical (unpaired) electrons. The Morgan fingerprint density at radius 1 is 1.25 bits per heavy atom. The lowest BCUT2D eigenvalue weighted by Gasteiger charge is -1.93. The first-order valence-electron chi connectivity index (χ1n) is 3.71. The predicted octanol–water partition coefficient (Wildman–Crippen LogP) is 1.10. The summed E-state index contributed by atoms with van der Waals surface area (Å²) in [6.07, 6.45) is 5.58. The van der Waals surface area contributed by atoms with Crippen LogP contribution in [0.25, 0.3) is 0 Å². The Balaban J connectivity index is 2.75. The molecule has 1 aliphatic carbocycles. The van der Waals surface area contributed by atoms with Gasteiger partial charge >= 0.3 is 0 Å². The van der Waals surface area contributed by atoms with Crippen LogP contribution in [0.15, 0.2) is 21.3 Å². The molecule has 0 heterocycles. The maximum atomic E-state index is 9.95. The standard InChI is InChI=1S/C8H8N2O2/c11-5-9-4-7-2-1-3-8(7)10-6-12/h1-4H2. The summed E-state index contributed by atoms with van der Waals surface area (Å²) in [4.78, 5) is 26.7. The fourth-order valence-electron chi connectivity index (χ4n) is 1.28. The number of hydrogen-bond acceptors (Lipinski definition) is 4.